The maximum atomic E-state index is 13.5. The largest absolute Gasteiger partial charge is 0.496 e. The number of hydrogen-bond donors (Lipinski definition) is 1. The Morgan fingerprint density at radius 1 is 1.06 bits per heavy atom. The highest BCUT2D eigenvalue weighted by atomic mass is 32.2. The van der Waals surface area contributed by atoms with Crippen LogP contribution in [0.4, 0.5) is 5.69 Å². The molecule has 0 aliphatic carbocycles. The van der Waals surface area contributed by atoms with Gasteiger partial charge in [-0.05, 0) is 49.7 Å². The Morgan fingerprint density at radius 3 is 2.48 bits per heavy atom. The smallest absolute Gasteiger partial charge is 0.264 e. The molecule has 1 heterocycles. The summed E-state index contributed by atoms with van der Waals surface area (Å²) in [5.74, 6) is 0.600. The Bertz CT molecular complexity index is 1270. The van der Waals surface area contributed by atoms with Gasteiger partial charge in [0.1, 0.15) is 11.5 Å². The monoisotopic (exact) mass is 466 g/mol. The second kappa shape index (κ2) is 9.15. The third kappa shape index (κ3) is 4.66. The van der Waals surface area contributed by atoms with E-state index in [0.717, 1.165) is 16.7 Å². The SMILES string of the molecule is COc1ccccc1CNC(=O)[C@@H]1CN(S(=O)(=O)c2ccc(C)cc2)c2cc(C)ccc2O1. The molecule has 0 fully saturated rings. The highest BCUT2D eigenvalue weighted by Gasteiger charge is 2.37. The van der Waals surface area contributed by atoms with Crippen LogP contribution in [-0.2, 0) is 21.4 Å². The number of ether oxygens (including phenoxy) is 2. The van der Waals surface area contributed by atoms with Crippen molar-refractivity contribution >= 4 is 21.6 Å². The molecule has 1 atom stereocenters. The number of benzene rings is 3. The third-order valence-electron chi connectivity index (χ3n) is 5.53. The zero-order valence-corrected chi connectivity index (χ0v) is 19.6. The molecule has 4 rings (SSSR count). The van der Waals surface area contributed by atoms with E-state index in [9.17, 15) is 13.2 Å². The van der Waals surface area contributed by atoms with Crippen LogP contribution in [0.3, 0.4) is 0 Å². The number of amides is 1. The highest BCUT2D eigenvalue weighted by molar-refractivity contribution is 7.92. The van der Waals surface area contributed by atoms with Crippen molar-refractivity contribution in [3.63, 3.8) is 0 Å². The molecule has 0 radical (unpaired) electrons. The first-order chi connectivity index (χ1) is 15.8. The molecule has 7 nitrogen and oxygen atoms in total. The first-order valence-electron chi connectivity index (χ1n) is 10.6. The van der Waals surface area contributed by atoms with E-state index in [1.165, 1.54) is 4.31 Å². The van der Waals surface area contributed by atoms with Crippen molar-refractivity contribution < 1.29 is 22.7 Å². The van der Waals surface area contributed by atoms with Crippen molar-refractivity contribution in [3.05, 3.63) is 83.4 Å². The molecule has 1 aliphatic rings. The van der Waals surface area contributed by atoms with Gasteiger partial charge in [0, 0.05) is 12.1 Å². The van der Waals surface area contributed by atoms with Crippen LogP contribution in [0.25, 0.3) is 0 Å². The fourth-order valence-corrected chi connectivity index (χ4v) is 5.18. The van der Waals surface area contributed by atoms with Gasteiger partial charge < -0.3 is 14.8 Å². The molecule has 33 heavy (non-hydrogen) atoms. The van der Waals surface area contributed by atoms with Gasteiger partial charge in [-0.15, -0.1) is 0 Å². The Hall–Kier alpha value is -3.52. The number of rotatable bonds is 6. The maximum absolute atomic E-state index is 13.5. The van der Waals surface area contributed by atoms with Gasteiger partial charge in [0.25, 0.3) is 15.9 Å². The Labute approximate surface area is 194 Å². The van der Waals surface area contributed by atoms with Crippen LogP contribution in [0.15, 0.2) is 71.6 Å². The molecule has 3 aromatic rings. The summed E-state index contributed by atoms with van der Waals surface area (Å²) in [5, 5.41) is 2.84. The van der Waals surface area contributed by atoms with Crippen LogP contribution in [0.2, 0.25) is 0 Å². The first kappa shape index (κ1) is 22.7. The minimum atomic E-state index is -3.90. The van der Waals surface area contributed by atoms with Gasteiger partial charge in [0.05, 0.1) is 24.2 Å². The minimum Gasteiger partial charge on any atom is -0.496 e. The zero-order valence-electron chi connectivity index (χ0n) is 18.7. The number of carbonyl (C=O) groups is 1. The molecule has 0 bridgehead atoms. The topological polar surface area (TPSA) is 84.9 Å². The van der Waals surface area contributed by atoms with Gasteiger partial charge >= 0.3 is 0 Å². The second-order valence-electron chi connectivity index (χ2n) is 7.96. The van der Waals surface area contributed by atoms with E-state index in [2.05, 4.69) is 5.32 Å². The van der Waals surface area contributed by atoms with E-state index in [0.29, 0.717) is 17.2 Å². The minimum absolute atomic E-state index is 0.135. The molecular formula is C25H26N2O5S. The summed E-state index contributed by atoms with van der Waals surface area (Å²) in [6.07, 6.45) is -1.00. The van der Waals surface area contributed by atoms with Crippen LogP contribution in [-0.4, -0.2) is 34.1 Å². The van der Waals surface area contributed by atoms with Crippen molar-refractivity contribution in [2.45, 2.75) is 31.4 Å². The lowest BCUT2D eigenvalue weighted by Crippen LogP contribution is -2.50. The van der Waals surface area contributed by atoms with E-state index in [1.54, 1.807) is 43.5 Å². The summed E-state index contributed by atoms with van der Waals surface area (Å²) in [6.45, 7) is 3.87. The van der Waals surface area contributed by atoms with Crippen molar-refractivity contribution in [1.29, 1.82) is 0 Å². The summed E-state index contributed by atoms with van der Waals surface area (Å²) in [7, 11) is -2.33. The summed E-state index contributed by atoms with van der Waals surface area (Å²) in [6, 6.07) is 19.3. The molecular weight excluding hydrogens is 440 g/mol. The third-order valence-corrected chi connectivity index (χ3v) is 7.32. The zero-order chi connectivity index (χ0) is 23.6. The number of anilines is 1. The lowest BCUT2D eigenvalue weighted by Gasteiger charge is -2.35. The molecule has 0 aromatic heterocycles. The summed E-state index contributed by atoms with van der Waals surface area (Å²) >= 11 is 0. The fraction of sp³-hybridized carbons (Fsp3) is 0.240. The van der Waals surface area contributed by atoms with Gasteiger partial charge in [-0.2, -0.15) is 0 Å². The standard InChI is InChI=1S/C25H26N2O5S/c1-17-8-11-20(12-9-17)33(29,30)27-16-24(32-23-13-10-18(2)14-21(23)27)25(28)26-15-19-6-4-5-7-22(19)31-3/h4-14,24H,15-16H2,1-3H3,(H,26,28)/t24-/m0/s1. The summed E-state index contributed by atoms with van der Waals surface area (Å²) < 4.78 is 39.6. The normalized spacial score (nSPS) is 15.4. The molecule has 8 heteroatoms. The highest BCUT2D eigenvalue weighted by Crippen LogP contribution is 2.37. The van der Waals surface area contributed by atoms with Gasteiger partial charge in [-0.1, -0.05) is 42.0 Å². The molecule has 0 spiro atoms. The number of methoxy groups -OCH3 is 1. The predicted octanol–water partition coefficient (Wildman–Crippen LogP) is 3.58. The molecule has 0 saturated heterocycles. The molecule has 0 saturated carbocycles. The van der Waals surface area contributed by atoms with Crippen molar-refractivity contribution in [3.8, 4) is 11.5 Å². The quantitative estimate of drug-likeness (QED) is 0.600. The van der Waals surface area contributed by atoms with Crippen LogP contribution in [0.1, 0.15) is 16.7 Å². The number of para-hydroxylation sites is 1. The Balaban J connectivity index is 1.62. The number of aryl methyl sites for hydroxylation is 2. The van der Waals surface area contributed by atoms with Crippen LogP contribution in [0, 0.1) is 13.8 Å². The van der Waals surface area contributed by atoms with E-state index < -0.39 is 22.0 Å². The molecule has 172 valence electrons. The van der Waals surface area contributed by atoms with Crippen molar-refractivity contribution in [1.82, 2.24) is 5.32 Å². The Kier molecular flexibility index (Phi) is 6.29. The van der Waals surface area contributed by atoms with Crippen LogP contribution < -0.4 is 19.1 Å². The van der Waals surface area contributed by atoms with E-state index in [-0.39, 0.29) is 18.0 Å². The first-order valence-corrected chi connectivity index (χ1v) is 12.0. The van der Waals surface area contributed by atoms with E-state index in [1.807, 2.05) is 44.2 Å². The van der Waals surface area contributed by atoms with Gasteiger partial charge in [0.15, 0.2) is 6.10 Å². The van der Waals surface area contributed by atoms with Crippen molar-refractivity contribution in [2.24, 2.45) is 0 Å². The Morgan fingerprint density at radius 2 is 1.76 bits per heavy atom. The predicted molar refractivity (Wildman–Crippen MR) is 126 cm³/mol. The molecule has 1 N–H and O–H groups in total. The summed E-state index contributed by atoms with van der Waals surface area (Å²) in [4.78, 5) is 13.2. The van der Waals surface area contributed by atoms with Gasteiger partial charge in [0.2, 0.25) is 0 Å². The molecule has 1 amide bonds. The summed E-state index contributed by atoms with van der Waals surface area (Å²) in [5.41, 5.74) is 3.08. The number of sulfonamides is 1. The fourth-order valence-electron chi connectivity index (χ4n) is 3.71. The van der Waals surface area contributed by atoms with Crippen LogP contribution >= 0.6 is 0 Å². The van der Waals surface area contributed by atoms with Crippen molar-refractivity contribution in [2.75, 3.05) is 18.0 Å². The second-order valence-corrected chi connectivity index (χ2v) is 9.82. The molecule has 0 unspecified atom stereocenters. The van der Waals surface area contributed by atoms with E-state index >= 15 is 0 Å². The number of hydrogen-bond acceptors (Lipinski definition) is 5. The van der Waals surface area contributed by atoms with Crippen LogP contribution in [0.5, 0.6) is 11.5 Å². The average Bonchev–Trinajstić information content (AvgIpc) is 2.82. The molecule has 1 aliphatic heterocycles. The lowest BCUT2D eigenvalue weighted by atomic mass is 10.1. The number of nitrogens with one attached hydrogen (secondary N) is 1. The number of carbonyl (C=O) groups excluding carboxylic acids is 1. The molecule has 3 aromatic carbocycles. The number of nitrogens with zero attached hydrogens (tertiary/aromatic N) is 1. The lowest BCUT2D eigenvalue weighted by molar-refractivity contribution is -0.127. The number of fused-ring (bicyclic) bond motifs is 1. The van der Waals surface area contributed by atoms with Gasteiger partial charge in [-0.25, -0.2) is 8.42 Å². The maximum Gasteiger partial charge on any atom is 0.264 e. The van der Waals surface area contributed by atoms with E-state index in [4.69, 9.17) is 9.47 Å². The van der Waals surface area contributed by atoms with Gasteiger partial charge in [-0.3, -0.25) is 9.10 Å². The average molecular weight is 467 g/mol.